The number of hydrogen-bond donors (Lipinski definition) is 2. The van der Waals surface area contributed by atoms with Gasteiger partial charge in [-0.1, -0.05) is 17.7 Å². The molecule has 146 valence electrons. The molecule has 0 radical (unpaired) electrons. The number of amidine groups is 1. The van der Waals surface area contributed by atoms with Gasteiger partial charge in [0.25, 0.3) is 10.0 Å². The first-order valence-electron chi connectivity index (χ1n) is 9.14. The van der Waals surface area contributed by atoms with Gasteiger partial charge in [0.15, 0.2) is 0 Å². The predicted molar refractivity (Wildman–Crippen MR) is 111 cm³/mol. The van der Waals surface area contributed by atoms with Crippen LogP contribution in [-0.2, 0) is 21.2 Å². The van der Waals surface area contributed by atoms with Gasteiger partial charge in [0.2, 0.25) is 5.91 Å². The van der Waals surface area contributed by atoms with Crippen molar-refractivity contribution < 1.29 is 13.2 Å². The summed E-state index contributed by atoms with van der Waals surface area (Å²) in [5, 5.41) is 2.71. The van der Waals surface area contributed by atoms with Crippen molar-refractivity contribution in [1.82, 2.24) is 4.72 Å². The predicted octanol–water partition coefficient (Wildman–Crippen LogP) is 3.12. The van der Waals surface area contributed by atoms with Crippen molar-refractivity contribution in [2.24, 2.45) is 4.99 Å². The number of nitrogens with one attached hydrogen (secondary N) is 2. The SMILES string of the molecule is Cc1ccc2c(c1)S[C@H](C(=O)Nc1ccc(S(=O)(=O)NC3=NCCC3)cc1)C2. The van der Waals surface area contributed by atoms with Crippen LogP contribution in [0.15, 0.2) is 57.2 Å². The van der Waals surface area contributed by atoms with Gasteiger partial charge in [0.05, 0.1) is 10.1 Å². The van der Waals surface area contributed by atoms with E-state index in [-0.39, 0.29) is 16.1 Å². The Hall–Kier alpha value is -2.32. The van der Waals surface area contributed by atoms with Crippen LogP contribution in [0.3, 0.4) is 0 Å². The summed E-state index contributed by atoms with van der Waals surface area (Å²) in [6, 6.07) is 12.4. The molecule has 0 unspecified atom stereocenters. The Kier molecular flexibility index (Phi) is 5.16. The van der Waals surface area contributed by atoms with Gasteiger partial charge in [0.1, 0.15) is 5.84 Å². The molecule has 1 atom stereocenters. The van der Waals surface area contributed by atoms with E-state index in [1.165, 1.54) is 23.3 Å². The van der Waals surface area contributed by atoms with Crippen molar-refractivity contribution in [3.8, 4) is 0 Å². The average Bonchev–Trinajstić information content (AvgIpc) is 3.31. The van der Waals surface area contributed by atoms with Gasteiger partial charge in [-0.2, -0.15) is 0 Å². The van der Waals surface area contributed by atoms with Crippen LogP contribution in [0.4, 0.5) is 5.69 Å². The van der Waals surface area contributed by atoms with E-state index >= 15 is 0 Å². The standard InChI is InChI=1S/C20H21N3O3S2/c1-13-4-5-14-12-18(27-17(14)11-13)20(24)22-15-6-8-16(9-7-15)28(25,26)23-19-3-2-10-21-19/h4-9,11,18H,2-3,10,12H2,1H3,(H,21,23)(H,22,24)/t18-/m0/s1. The van der Waals surface area contributed by atoms with Gasteiger partial charge in [-0.25, -0.2) is 8.42 Å². The van der Waals surface area contributed by atoms with Crippen LogP contribution in [0, 0.1) is 6.92 Å². The summed E-state index contributed by atoms with van der Waals surface area (Å²) in [7, 11) is -3.64. The monoisotopic (exact) mass is 415 g/mol. The van der Waals surface area contributed by atoms with E-state index in [0.29, 0.717) is 30.9 Å². The van der Waals surface area contributed by atoms with Gasteiger partial charge in [0, 0.05) is 23.5 Å². The lowest BCUT2D eigenvalue weighted by molar-refractivity contribution is -0.115. The molecule has 0 spiro atoms. The summed E-state index contributed by atoms with van der Waals surface area (Å²) >= 11 is 1.57. The Labute approximate surface area is 168 Å². The fraction of sp³-hybridized carbons (Fsp3) is 0.300. The number of aryl methyl sites for hydroxylation is 1. The van der Waals surface area contributed by atoms with Gasteiger partial charge in [-0.15, -0.1) is 11.8 Å². The van der Waals surface area contributed by atoms with E-state index in [9.17, 15) is 13.2 Å². The molecule has 2 aromatic rings. The summed E-state index contributed by atoms with van der Waals surface area (Å²) < 4.78 is 27.3. The Morgan fingerprint density at radius 3 is 2.68 bits per heavy atom. The zero-order valence-corrected chi connectivity index (χ0v) is 17.1. The molecule has 0 saturated heterocycles. The molecule has 0 saturated carbocycles. The van der Waals surface area contributed by atoms with E-state index in [2.05, 4.69) is 33.2 Å². The first-order valence-corrected chi connectivity index (χ1v) is 11.5. The minimum Gasteiger partial charge on any atom is -0.325 e. The van der Waals surface area contributed by atoms with Crippen LogP contribution in [0.25, 0.3) is 0 Å². The molecule has 2 aliphatic heterocycles. The number of anilines is 1. The Morgan fingerprint density at radius 1 is 1.18 bits per heavy atom. The van der Waals surface area contributed by atoms with E-state index in [1.54, 1.807) is 23.9 Å². The second-order valence-electron chi connectivity index (χ2n) is 6.97. The number of benzene rings is 2. The zero-order chi connectivity index (χ0) is 19.7. The molecule has 0 aliphatic carbocycles. The highest BCUT2D eigenvalue weighted by molar-refractivity contribution is 8.01. The minimum atomic E-state index is -3.64. The van der Waals surface area contributed by atoms with Gasteiger partial charge >= 0.3 is 0 Å². The first kappa shape index (κ1) is 19.0. The third kappa shape index (κ3) is 4.07. The van der Waals surface area contributed by atoms with E-state index in [0.717, 1.165) is 11.3 Å². The lowest BCUT2D eigenvalue weighted by atomic mass is 10.1. The third-order valence-electron chi connectivity index (χ3n) is 4.75. The van der Waals surface area contributed by atoms with Crippen LogP contribution in [0.1, 0.15) is 24.0 Å². The molecule has 1 amide bonds. The summed E-state index contributed by atoms with van der Waals surface area (Å²) in [4.78, 5) is 18.0. The topological polar surface area (TPSA) is 87.6 Å². The number of aliphatic imine (C=N–C) groups is 1. The lowest BCUT2D eigenvalue weighted by Crippen LogP contribution is -2.29. The molecule has 8 heteroatoms. The van der Waals surface area contributed by atoms with Crippen LogP contribution in [-0.4, -0.2) is 32.0 Å². The van der Waals surface area contributed by atoms with Crippen molar-refractivity contribution in [1.29, 1.82) is 0 Å². The molecular weight excluding hydrogens is 394 g/mol. The Morgan fingerprint density at radius 2 is 1.96 bits per heavy atom. The fourth-order valence-corrected chi connectivity index (χ4v) is 5.64. The smallest absolute Gasteiger partial charge is 0.262 e. The summed E-state index contributed by atoms with van der Waals surface area (Å²) in [5.41, 5.74) is 2.95. The van der Waals surface area contributed by atoms with Crippen molar-refractivity contribution in [2.75, 3.05) is 11.9 Å². The number of nitrogens with zero attached hydrogens (tertiary/aromatic N) is 1. The molecule has 0 aromatic heterocycles. The largest absolute Gasteiger partial charge is 0.325 e. The molecule has 2 heterocycles. The minimum absolute atomic E-state index is 0.0760. The number of sulfonamides is 1. The highest BCUT2D eigenvalue weighted by atomic mass is 32.2. The molecule has 0 bridgehead atoms. The molecule has 4 rings (SSSR count). The van der Waals surface area contributed by atoms with E-state index < -0.39 is 10.0 Å². The maximum absolute atomic E-state index is 12.6. The first-order chi connectivity index (χ1) is 13.4. The second kappa shape index (κ2) is 7.60. The highest BCUT2D eigenvalue weighted by Crippen LogP contribution is 2.38. The number of fused-ring (bicyclic) bond motifs is 1. The average molecular weight is 416 g/mol. The Bertz CT molecular complexity index is 1050. The molecule has 2 N–H and O–H groups in total. The molecule has 0 fully saturated rings. The maximum Gasteiger partial charge on any atom is 0.262 e. The van der Waals surface area contributed by atoms with Crippen LogP contribution in [0.2, 0.25) is 0 Å². The van der Waals surface area contributed by atoms with E-state index in [4.69, 9.17) is 0 Å². The second-order valence-corrected chi connectivity index (χ2v) is 9.90. The molecule has 28 heavy (non-hydrogen) atoms. The fourth-order valence-electron chi connectivity index (χ4n) is 3.26. The summed E-state index contributed by atoms with van der Waals surface area (Å²) in [5.74, 6) is 0.429. The lowest BCUT2D eigenvalue weighted by Gasteiger charge is -2.11. The maximum atomic E-state index is 12.6. The number of carbonyl (C=O) groups excluding carboxylic acids is 1. The number of amides is 1. The molecule has 2 aliphatic rings. The highest BCUT2D eigenvalue weighted by Gasteiger charge is 2.28. The van der Waals surface area contributed by atoms with Crippen LogP contribution >= 0.6 is 11.8 Å². The van der Waals surface area contributed by atoms with Gasteiger partial charge in [-0.05, 0) is 55.7 Å². The van der Waals surface area contributed by atoms with Crippen LogP contribution < -0.4 is 10.0 Å². The van der Waals surface area contributed by atoms with Gasteiger partial charge in [-0.3, -0.25) is 14.5 Å². The number of thioether (sulfide) groups is 1. The molecular formula is C20H21N3O3S2. The number of hydrogen-bond acceptors (Lipinski definition) is 5. The normalized spacial score (nSPS) is 18.5. The van der Waals surface area contributed by atoms with Crippen molar-refractivity contribution >= 4 is 39.2 Å². The quantitative estimate of drug-likeness (QED) is 0.803. The van der Waals surface area contributed by atoms with Gasteiger partial charge < -0.3 is 5.32 Å². The van der Waals surface area contributed by atoms with Crippen LogP contribution in [0.5, 0.6) is 0 Å². The van der Waals surface area contributed by atoms with Crippen molar-refractivity contribution in [3.63, 3.8) is 0 Å². The summed E-state index contributed by atoms with van der Waals surface area (Å²) in [6.45, 7) is 2.70. The molecule has 2 aromatic carbocycles. The van der Waals surface area contributed by atoms with Crippen molar-refractivity contribution in [2.45, 2.75) is 41.2 Å². The zero-order valence-electron chi connectivity index (χ0n) is 15.4. The van der Waals surface area contributed by atoms with E-state index in [1.807, 2.05) is 6.92 Å². The molecule has 6 nitrogen and oxygen atoms in total. The Balaban J connectivity index is 1.40. The summed E-state index contributed by atoms with van der Waals surface area (Å²) in [6.07, 6.45) is 2.21. The third-order valence-corrected chi connectivity index (χ3v) is 7.44. The number of carbonyl (C=O) groups is 1. The van der Waals surface area contributed by atoms with Crippen molar-refractivity contribution in [3.05, 3.63) is 53.6 Å². The number of rotatable bonds is 4.